The molecule has 0 bridgehead atoms. The Labute approximate surface area is 178 Å². The molecule has 3 aromatic rings. The standard InChI is InChI=1S/C20H15Cl2O2P.Li.H/c21-17-7-4-8-18(22)19(17)20(23)25-16-11-9-15(10-12-16)24-13-14-5-2-1-3-6-14;;/h1-12,25H,13H2;;/q;+1;-1. The fourth-order valence-electron chi connectivity index (χ4n) is 2.28. The van der Waals surface area contributed by atoms with Crippen LogP contribution in [-0.4, -0.2) is 5.52 Å². The van der Waals surface area contributed by atoms with Crippen LogP contribution in [-0.2, 0) is 6.61 Å². The molecule has 2 nitrogen and oxygen atoms in total. The molecule has 0 saturated carbocycles. The van der Waals surface area contributed by atoms with Gasteiger partial charge in [0.25, 0.3) is 0 Å². The van der Waals surface area contributed by atoms with Gasteiger partial charge in [-0.2, -0.15) is 0 Å². The summed E-state index contributed by atoms with van der Waals surface area (Å²) in [5.74, 6) is 0.764. The molecule has 0 aromatic heterocycles. The van der Waals surface area contributed by atoms with Crippen LogP contribution in [0.25, 0.3) is 0 Å². The van der Waals surface area contributed by atoms with Gasteiger partial charge in [0.05, 0.1) is 15.6 Å². The van der Waals surface area contributed by atoms with E-state index in [0.717, 1.165) is 16.6 Å². The predicted molar refractivity (Wildman–Crippen MR) is 107 cm³/mol. The summed E-state index contributed by atoms with van der Waals surface area (Å²) in [6.45, 7) is 0.511. The Bertz CT molecular complexity index is 857. The zero-order chi connectivity index (χ0) is 17.6. The summed E-state index contributed by atoms with van der Waals surface area (Å²) < 4.78 is 5.75. The molecule has 0 fully saturated rings. The van der Waals surface area contributed by atoms with E-state index >= 15 is 0 Å². The van der Waals surface area contributed by atoms with E-state index < -0.39 is 0 Å². The van der Waals surface area contributed by atoms with E-state index in [1.54, 1.807) is 18.2 Å². The van der Waals surface area contributed by atoms with Crippen molar-refractivity contribution in [1.29, 1.82) is 0 Å². The van der Waals surface area contributed by atoms with Gasteiger partial charge in [0.1, 0.15) is 12.4 Å². The van der Waals surface area contributed by atoms with Crippen molar-refractivity contribution >= 4 is 42.6 Å². The van der Waals surface area contributed by atoms with Crippen LogP contribution in [0.2, 0.25) is 10.0 Å². The second-order valence-corrected chi connectivity index (χ2v) is 7.45. The minimum absolute atomic E-state index is 0. The number of carbonyl (C=O) groups excluding carboxylic acids is 1. The molecule has 0 radical (unpaired) electrons. The molecule has 0 saturated heterocycles. The average Bonchev–Trinajstić information content (AvgIpc) is 2.62. The summed E-state index contributed by atoms with van der Waals surface area (Å²) in [4.78, 5) is 12.5. The Morgan fingerprint density at radius 1 is 0.885 bits per heavy atom. The number of rotatable bonds is 6. The summed E-state index contributed by atoms with van der Waals surface area (Å²) in [6.07, 6.45) is 0. The van der Waals surface area contributed by atoms with Gasteiger partial charge >= 0.3 is 18.9 Å². The predicted octanol–water partition coefficient (Wildman–Crippen LogP) is 2.83. The second-order valence-electron chi connectivity index (χ2n) is 5.35. The molecule has 1 atom stereocenters. The third-order valence-electron chi connectivity index (χ3n) is 3.55. The van der Waals surface area contributed by atoms with Crippen molar-refractivity contribution in [1.82, 2.24) is 0 Å². The van der Waals surface area contributed by atoms with Gasteiger partial charge in [0, 0.05) is 0 Å². The molecule has 1 unspecified atom stereocenters. The van der Waals surface area contributed by atoms with Gasteiger partial charge in [-0.1, -0.05) is 71.7 Å². The summed E-state index contributed by atoms with van der Waals surface area (Å²) in [5, 5.41) is 1.67. The molecule has 3 aromatic carbocycles. The summed E-state index contributed by atoms with van der Waals surface area (Å²) in [5.41, 5.74) is 1.42. The van der Waals surface area contributed by atoms with Gasteiger partial charge in [0.2, 0.25) is 0 Å². The van der Waals surface area contributed by atoms with Crippen molar-refractivity contribution in [2.75, 3.05) is 0 Å². The third-order valence-corrected chi connectivity index (χ3v) is 5.28. The molecule has 0 aliphatic heterocycles. The zero-order valence-electron chi connectivity index (χ0n) is 15.2. The Morgan fingerprint density at radius 3 is 2.12 bits per heavy atom. The molecule has 0 aliphatic carbocycles. The number of carbonyl (C=O) groups is 1. The number of hydrogen-bond acceptors (Lipinski definition) is 2. The number of benzene rings is 3. The molecule has 0 spiro atoms. The van der Waals surface area contributed by atoms with Crippen molar-refractivity contribution in [3.63, 3.8) is 0 Å². The molecule has 0 aliphatic rings. The van der Waals surface area contributed by atoms with E-state index in [9.17, 15) is 4.79 Å². The molecule has 3 rings (SSSR count). The molecule has 26 heavy (non-hydrogen) atoms. The smallest absolute Gasteiger partial charge is 1.00 e. The quantitative estimate of drug-likeness (QED) is 0.473. The van der Waals surface area contributed by atoms with E-state index in [4.69, 9.17) is 27.9 Å². The first-order chi connectivity index (χ1) is 12.1. The molecule has 0 N–H and O–H groups in total. The van der Waals surface area contributed by atoms with Crippen molar-refractivity contribution in [3.8, 4) is 5.75 Å². The minimum atomic E-state index is -0.0754. The topological polar surface area (TPSA) is 26.3 Å². The molecule has 6 heteroatoms. The Hall–Kier alpha value is -1.26. The normalized spacial score (nSPS) is 10.5. The maximum Gasteiger partial charge on any atom is 1.00 e. The van der Waals surface area contributed by atoms with E-state index in [0.29, 0.717) is 22.2 Å². The average molecular weight is 397 g/mol. The number of halogens is 2. The summed E-state index contributed by atoms with van der Waals surface area (Å²) >= 11 is 12.2. The molecule has 0 heterocycles. The van der Waals surface area contributed by atoms with Gasteiger partial charge in [-0.3, -0.25) is 4.79 Å². The second kappa shape index (κ2) is 10.2. The van der Waals surface area contributed by atoms with E-state index in [1.165, 1.54) is 0 Å². The Kier molecular flexibility index (Phi) is 8.23. The van der Waals surface area contributed by atoms with Gasteiger partial charge in [-0.25, -0.2) is 0 Å². The van der Waals surface area contributed by atoms with Crippen molar-refractivity contribution in [2.24, 2.45) is 0 Å². The van der Waals surface area contributed by atoms with Crippen molar-refractivity contribution in [3.05, 3.63) is 94.0 Å². The first kappa shape index (κ1) is 21.0. The fraction of sp³-hybridized carbons (Fsp3) is 0.0500. The number of ether oxygens (including phenoxy) is 1. The Morgan fingerprint density at radius 2 is 1.50 bits per heavy atom. The van der Waals surface area contributed by atoms with Crippen LogP contribution in [0, 0.1) is 0 Å². The van der Waals surface area contributed by atoms with E-state index in [2.05, 4.69) is 0 Å². The molecular weight excluding hydrogens is 381 g/mol. The van der Waals surface area contributed by atoms with Crippen LogP contribution in [0.15, 0.2) is 72.8 Å². The van der Waals surface area contributed by atoms with E-state index in [1.807, 2.05) is 54.6 Å². The van der Waals surface area contributed by atoms with Gasteiger partial charge < -0.3 is 6.16 Å². The van der Waals surface area contributed by atoms with Crippen LogP contribution >= 0.6 is 31.8 Å². The van der Waals surface area contributed by atoms with Crippen LogP contribution < -0.4 is 28.9 Å². The van der Waals surface area contributed by atoms with Crippen LogP contribution in [0.4, 0.5) is 0 Å². The van der Waals surface area contributed by atoms with Crippen LogP contribution in [0.5, 0.6) is 5.75 Å². The van der Waals surface area contributed by atoms with Gasteiger partial charge in [-0.05, 0) is 43.7 Å². The number of hydrogen-bond donors (Lipinski definition) is 0. The molecule has 0 amide bonds. The fourth-order valence-corrected chi connectivity index (χ4v) is 4.00. The third kappa shape index (κ3) is 5.62. The van der Waals surface area contributed by atoms with Crippen molar-refractivity contribution in [2.45, 2.75) is 6.61 Å². The zero-order valence-corrected chi connectivity index (χ0v) is 16.7. The van der Waals surface area contributed by atoms with Crippen LogP contribution in [0.1, 0.15) is 17.3 Å². The maximum absolute atomic E-state index is 12.5. The largest absolute Gasteiger partial charge is 1.00 e. The van der Waals surface area contributed by atoms with E-state index in [-0.39, 0.29) is 34.4 Å². The molecular formula is C20H16Cl2LiO2P. The van der Waals surface area contributed by atoms with Crippen molar-refractivity contribution < 1.29 is 29.8 Å². The first-order valence-electron chi connectivity index (χ1n) is 7.65. The summed E-state index contributed by atoms with van der Waals surface area (Å²) in [7, 11) is -0.0436. The SMILES string of the molecule is O=C(Pc1ccc(OCc2ccccc2)cc1)c1c(Cl)cccc1Cl.[H-].[Li+]. The maximum atomic E-state index is 12.5. The van der Waals surface area contributed by atoms with Gasteiger partial charge in [-0.15, -0.1) is 0 Å². The summed E-state index contributed by atoms with van der Waals surface area (Å²) in [6, 6.07) is 22.6. The Balaban J connectivity index is 0.00000182. The first-order valence-corrected chi connectivity index (χ1v) is 9.41. The minimum Gasteiger partial charge on any atom is -1.00 e. The van der Waals surface area contributed by atoms with Crippen LogP contribution in [0.3, 0.4) is 0 Å². The monoisotopic (exact) mass is 396 g/mol. The van der Waals surface area contributed by atoms with Gasteiger partial charge in [0.15, 0.2) is 5.52 Å². The molecule has 128 valence electrons.